The van der Waals surface area contributed by atoms with Crippen LogP contribution in [0.15, 0.2) is 0 Å². The second kappa shape index (κ2) is 4.78. The Morgan fingerprint density at radius 2 is 1.04 bits per heavy atom. The molecule has 132 valence electrons. The van der Waals surface area contributed by atoms with Gasteiger partial charge in [0, 0.05) is 0 Å². The average Bonchev–Trinajstić information content (AvgIpc) is 2.50. The van der Waals surface area contributed by atoms with Crippen molar-refractivity contribution < 1.29 is 9.63 Å². The first-order chi connectivity index (χ1) is 11.6. The van der Waals surface area contributed by atoms with Gasteiger partial charge in [0.1, 0.15) is 0 Å². The first kappa shape index (κ1) is 14.6. The third-order valence-electron chi connectivity index (χ3n) is 8.86. The zero-order chi connectivity index (χ0) is 15.9. The molecule has 8 saturated carbocycles. The van der Waals surface area contributed by atoms with Crippen LogP contribution in [0.3, 0.4) is 0 Å². The van der Waals surface area contributed by atoms with Crippen molar-refractivity contribution in [3.8, 4) is 0 Å². The lowest BCUT2D eigenvalue weighted by Gasteiger charge is -2.57. The van der Waals surface area contributed by atoms with E-state index in [1.54, 1.807) is 0 Å². The van der Waals surface area contributed by atoms with E-state index in [2.05, 4.69) is 5.48 Å². The molecule has 24 heavy (non-hydrogen) atoms. The van der Waals surface area contributed by atoms with Crippen LogP contribution >= 0.6 is 0 Å². The molecule has 0 unspecified atom stereocenters. The Balaban J connectivity index is 1.17. The van der Waals surface area contributed by atoms with E-state index in [0.717, 1.165) is 54.8 Å². The van der Waals surface area contributed by atoms with Crippen molar-refractivity contribution in [2.75, 3.05) is 0 Å². The van der Waals surface area contributed by atoms with Crippen molar-refractivity contribution in [2.24, 2.45) is 40.9 Å². The van der Waals surface area contributed by atoms with Crippen molar-refractivity contribution in [1.29, 1.82) is 0 Å². The van der Waals surface area contributed by atoms with E-state index in [1.165, 1.54) is 57.8 Å². The first-order valence-corrected chi connectivity index (χ1v) is 10.6. The Morgan fingerprint density at radius 3 is 1.46 bits per heavy atom. The van der Waals surface area contributed by atoms with E-state index in [0.29, 0.717) is 0 Å². The minimum Gasteiger partial charge on any atom is -0.272 e. The van der Waals surface area contributed by atoms with Crippen molar-refractivity contribution in [3.63, 3.8) is 0 Å². The van der Waals surface area contributed by atoms with Crippen molar-refractivity contribution in [3.05, 3.63) is 0 Å². The largest absolute Gasteiger partial charge is 0.272 e. The summed E-state index contributed by atoms with van der Waals surface area (Å²) in [4.78, 5) is 19.4. The van der Waals surface area contributed by atoms with Gasteiger partial charge in [0.15, 0.2) is 0 Å². The second-order valence-corrected chi connectivity index (χ2v) is 10.8. The summed E-state index contributed by atoms with van der Waals surface area (Å²) in [5, 5.41) is 0. The van der Waals surface area contributed by atoms with Gasteiger partial charge in [-0.1, -0.05) is 0 Å². The fourth-order valence-electron chi connectivity index (χ4n) is 8.81. The number of rotatable bonds is 3. The van der Waals surface area contributed by atoms with Crippen molar-refractivity contribution >= 4 is 5.91 Å². The molecule has 0 spiro atoms. The minimum atomic E-state index is -0.0724. The molecule has 0 atom stereocenters. The van der Waals surface area contributed by atoms with Crippen LogP contribution in [-0.2, 0) is 9.63 Å². The molecule has 0 aliphatic heterocycles. The molecule has 8 bridgehead atoms. The number of nitrogens with one attached hydrogen (secondary N) is 1. The molecule has 0 heterocycles. The van der Waals surface area contributed by atoms with Crippen LogP contribution in [0.4, 0.5) is 0 Å². The maximum atomic E-state index is 13.2. The minimum absolute atomic E-state index is 0.00724. The number of carbonyl (C=O) groups is 1. The number of hydroxylamine groups is 1. The van der Waals surface area contributed by atoms with Crippen LogP contribution in [0.2, 0.25) is 0 Å². The maximum Gasteiger partial charge on any atom is 0.249 e. The molecular formula is C21H31NO2. The average molecular weight is 329 g/mol. The molecule has 3 nitrogen and oxygen atoms in total. The fourth-order valence-corrected chi connectivity index (χ4v) is 8.81. The van der Waals surface area contributed by atoms with Crippen molar-refractivity contribution in [1.82, 2.24) is 5.48 Å². The van der Waals surface area contributed by atoms with Gasteiger partial charge in [0.2, 0.25) is 5.91 Å². The number of carbonyl (C=O) groups excluding carboxylic acids is 1. The molecule has 0 radical (unpaired) electrons. The highest BCUT2D eigenvalue weighted by atomic mass is 16.7. The SMILES string of the molecule is O=C(NOC12CC3CC(CC(C3)C1)C2)C12CC3CC(CC(C3)C1)C2. The molecule has 0 aromatic rings. The molecule has 8 rings (SSSR count). The highest BCUT2D eigenvalue weighted by Gasteiger charge is 2.56. The molecule has 1 N–H and O–H groups in total. The third kappa shape index (κ3) is 2.09. The normalized spacial score (nSPS) is 56.7. The summed E-state index contributed by atoms with van der Waals surface area (Å²) < 4.78 is 0. The van der Waals surface area contributed by atoms with E-state index >= 15 is 0 Å². The maximum absolute atomic E-state index is 13.2. The van der Waals surface area contributed by atoms with Crippen molar-refractivity contribution in [2.45, 2.75) is 82.7 Å². The number of hydrogen-bond donors (Lipinski definition) is 1. The standard InChI is InChI=1S/C21H31NO2/c23-19(20-7-13-1-14(8-20)3-15(2-13)9-20)22-24-21-10-16-4-17(11-21)6-18(5-16)12-21/h13-18H,1-12H2,(H,22,23). The van der Waals surface area contributed by atoms with Crippen LogP contribution in [0, 0.1) is 40.9 Å². The quantitative estimate of drug-likeness (QED) is 0.787. The lowest BCUT2D eigenvalue weighted by atomic mass is 9.49. The zero-order valence-electron chi connectivity index (χ0n) is 14.8. The summed E-state index contributed by atoms with van der Waals surface area (Å²) in [5.41, 5.74) is 2.98. The van der Waals surface area contributed by atoms with Gasteiger partial charge in [-0.25, -0.2) is 5.48 Å². The predicted octanol–water partition coefficient (Wildman–Crippen LogP) is 4.22. The molecule has 8 aliphatic carbocycles. The second-order valence-electron chi connectivity index (χ2n) is 10.8. The van der Waals surface area contributed by atoms with E-state index in [-0.39, 0.29) is 16.9 Å². The lowest BCUT2D eigenvalue weighted by Crippen LogP contribution is -2.58. The lowest BCUT2D eigenvalue weighted by molar-refractivity contribution is -0.209. The van der Waals surface area contributed by atoms with Gasteiger partial charge in [-0.15, -0.1) is 0 Å². The summed E-state index contributed by atoms with van der Waals surface area (Å²) in [7, 11) is 0. The Hall–Kier alpha value is -0.570. The first-order valence-electron chi connectivity index (χ1n) is 10.6. The highest BCUT2D eigenvalue weighted by molar-refractivity contribution is 5.82. The highest BCUT2D eigenvalue weighted by Crippen LogP contribution is 2.60. The van der Waals surface area contributed by atoms with Gasteiger partial charge >= 0.3 is 0 Å². The summed E-state index contributed by atoms with van der Waals surface area (Å²) in [6.45, 7) is 0. The van der Waals surface area contributed by atoms with E-state index in [1.807, 2.05) is 0 Å². The van der Waals surface area contributed by atoms with E-state index in [4.69, 9.17) is 4.84 Å². The molecule has 1 amide bonds. The summed E-state index contributed by atoms with van der Waals surface area (Å²) in [6.07, 6.45) is 15.4. The van der Waals surface area contributed by atoms with Gasteiger partial charge < -0.3 is 0 Å². The van der Waals surface area contributed by atoms with Gasteiger partial charge in [-0.2, -0.15) is 0 Å². The third-order valence-corrected chi connectivity index (χ3v) is 8.86. The smallest absolute Gasteiger partial charge is 0.249 e. The monoisotopic (exact) mass is 329 g/mol. The van der Waals surface area contributed by atoms with E-state index < -0.39 is 0 Å². The van der Waals surface area contributed by atoms with Gasteiger partial charge in [0.05, 0.1) is 11.0 Å². The molecule has 0 saturated heterocycles. The molecule has 8 aliphatic rings. The van der Waals surface area contributed by atoms with Crippen LogP contribution in [0.25, 0.3) is 0 Å². The van der Waals surface area contributed by atoms with E-state index in [9.17, 15) is 4.79 Å². The number of hydrogen-bond acceptors (Lipinski definition) is 2. The van der Waals surface area contributed by atoms with Crippen LogP contribution in [0.1, 0.15) is 77.0 Å². The van der Waals surface area contributed by atoms with Gasteiger partial charge in [0.25, 0.3) is 0 Å². The Bertz CT molecular complexity index is 498. The Morgan fingerprint density at radius 1 is 0.667 bits per heavy atom. The van der Waals surface area contributed by atoms with Crippen LogP contribution in [-0.4, -0.2) is 11.5 Å². The molecule has 0 aromatic carbocycles. The summed E-state index contributed by atoms with van der Waals surface area (Å²) in [5.74, 6) is 5.31. The number of amides is 1. The Labute approximate surface area is 145 Å². The fraction of sp³-hybridized carbons (Fsp3) is 0.952. The molecule has 8 fully saturated rings. The Kier molecular flexibility index (Phi) is 2.90. The van der Waals surface area contributed by atoms with Crippen LogP contribution < -0.4 is 5.48 Å². The molecule has 3 heteroatoms. The van der Waals surface area contributed by atoms with Gasteiger partial charge in [-0.3, -0.25) is 9.63 Å². The van der Waals surface area contributed by atoms with Gasteiger partial charge in [-0.05, 0) is 113 Å². The van der Waals surface area contributed by atoms with Crippen LogP contribution in [0.5, 0.6) is 0 Å². The predicted molar refractivity (Wildman–Crippen MR) is 90.7 cm³/mol. The summed E-state index contributed by atoms with van der Waals surface area (Å²) >= 11 is 0. The molecule has 0 aromatic heterocycles. The zero-order valence-corrected chi connectivity index (χ0v) is 14.8. The topological polar surface area (TPSA) is 38.3 Å². The summed E-state index contributed by atoms with van der Waals surface area (Å²) in [6, 6.07) is 0. The molecular weight excluding hydrogens is 298 g/mol.